The summed E-state index contributed by atoms with van der Waals surface area (Å²) in [6.07, 6.45) is 1.49. The normalized spacial score (nSPS) is 14.0. The molecule has 8 heteroatoms. The number of carbonyl (C=O) groups excluding carboxylic acids is 1. The predicted molar refractivity (Wildman–Crippen MR) is 127 cm³/mol. The fourth-order valence-electron chi connectivity index (χ4n) is 3.90. The molecule has 3 aromatic rings. The lowest BCUT2D eigenvalue weighted by molar-refractivity contribution is -0.120. The fourth-order valence-corrected chi connectivity index (χ4v) is 3.90. The van der Waals surface area contributed by atoms with Gasteiger partial charge in [0.05, 0.1) is 27.0 Å². The summed E-state index contributed by atoms with van der Waals surface area (Å²) in [4.78, 5) is 15.0. The number of hydrogen-bond acceptors (Lipinski definition) is 7. The first-order valence-electron chi connectivity index (χ1n) is 10.9. The number of anilines is 2. The van der Waals surface area contributed by atoms with E-state index in [1.54, 1.807) is 39.5 Å². The number of nitrogens with one attached hydrogen (secondary N) is 1. The van der Waals surface area contributed by atoms with Gasteiger partial charge in [0.15, 0.2) is 5.82 Å². The first-order valence-corrected chi connectivity index (χ1v) is 10.9. The highest BCUT2D eigenvalue weighted by Crippen LogP contribution is 2.28. The highest BCUT2D eigenvalue weighted by Gasteiger charge is 2.26. The largest absolute Gasteiger partial charge is 0.497 e. The van der Waals surface area contributed by atoms with Gasteiger partial charge in [0.1, 0.15) is 17.2 Å². The molecule has 0 atom stereocenters. The zero-order chi connectivity index (χ0) is 23.2. The third-order valence-electron chi connectivity index (χ3n) is 5.84. The molecule has 0 bridgehead atoms. The summed E-state index contributed by atoms with van der Waals surface area (Å²) in [5, 5.41) is 11.8. The van der Waals surface area contributed by atoms with Gasteiger partial charge in [-0.3, -0.25) is 4.79 Å². The van der Waals surface area contributed by atoms with E-state index in [4.69, 9.17) is 14.2 Å². The van der Waals surface area contributed by atoms with Crippen molar-refractivity contribution in [2.45, 2.75) is 12.8 Å². The topological polar surface area (TPSA) is 85.8 Å². The fraction of sp³-hybridized carbons (Fsp3) is 0.320. The van der Waals surface area contributed by atoms with Gasteiger partial charge in [-0.15, -0.1) is 10.2 Å². The number of rotatable bonds is 7. The van der Waals surface area contributed by atoms with E-state index in [9.17, 15) is 4.79 Å². The molecule has 1 aliphatic rings. The zero-order valence-corrected chi connectivity index (χ0v) is 19.1. The van der Waals surface area contributed by atoms with E-state index < -0.39 is 0 Å². The zero-order valence-electron chi connectivity index (χ0n) is 19.1. The molecule has 0 aliphatic carbocycles. The molecule has 2 aromatic carbocycles. The molecule has 1 amide bonds. The van der Waals surface area contributed by atoms with Crippen LogP contribution in [0.4, 0.5) is 11.5 Å². The second-order valence-corrected chi connectivity index (χ2v) is 7.86. The maximum Gasteiger partial charge on any atom is 0.227 e. The van der Waals surface area contributed by atoms with Gasteiger partial charge >= 0.3 is 0 Å². The molecule has 1 N–H and O–H groups in total. The molecule has 1 fully saturated rings. The summed E-state index contributed by atoms with van der Waals surface area (Å²) in [5.74, 6) is 2.84. The number of benzene rings is 2. The summed E-state index contributed by atoms with van der Waals surface area (Å²) >= 11 is 0. The van der Waals surface area contributed by atoms with Crippen LogP contribution in [0.5, 0.6) is 17.2 Å². The first-order chi connectivity index (χ1) is 16.1. The van der Waals surface area contributed by atoms with Gasteiger partial charge in [-0.1, -0.05) is 0 Å². The number of aromatic nitrogens is 2. The highest BCUT2D eigenvalue weighted by atomic mass is 16.5. The van der Waals surface area contributed by atoms with Crippen molar-refractivity contribution in [3.05, 3.63) is 54.6 Å². The molecule has 0 radical (unpaired) electrons. The maximum atomic E-state index is 12.8. The molecular weight excluding hydrogens is 420 g/mol. The van der Waals surface area contributed by atoms with E-state index in [-0.39, 0.29) is 11.8 Å². The minimum atomic E-state index is -0.0648. The van der Waals surface area contributed by atoms with Crippen LogP contribution in [-0.4, -0.2) is 50.5 Å². The Balaban J connectivity index is 1.34. The average Bonchev–Trinajstić information content (AvgIpc) is 2.88. The number of methoxy groups -OCH3 is 3. The molecular formula is C25H28N4O4. The molecule has 1 saturated heterocycles. The summed E-state index contributed by atoms with van der Waals surface area (Å²) in [7, 11) is 4.82. The van der Waals surface area contributed by atoms with E-state index in [1.807, 2.05) is 36.4 Å². The summed E-state index contributed by atoms with van der Waals surface area (Å²) < 4.78 is 15.8. The third kappa shape index (κ3) is 5.34. The van der Waals surface area contributed by atoms with Gasteiger partial charge in [-0.25, -0.2) is 0 Å². The lowest BCUT2D eigenvalue weighted by atomic mass is 9.95. The van der Waals surface area contributed by atoms with Gasteiger partial charge in [-0.05, 0) is 49.2 Å². The van der Waals surface area contributed by atoms with Crippen molar-refractivity contribution in [3.8, 4) is 28.5 Å². The number of amides is 1. The standard InChI is InChI=1S/C25H28N4O4/c1-31-20-6-4-17(5-7-20)23-8-9-24(28-27-23)29-12-10-18(11-13-29)25(30)26-19-14-21(32-2)16-22(15-19)33-3/h4-9,14-16,18H,10-13H2,1-3H3,(H,26,30). The lowest BCUT2D eigenvalue weighted by Gasteiger charge is -2.31. The third-order valence-corrected chi connectivity index (χ3v) is 5.84. The second kappa shape index (κ2) is 10.2. The molecule has 172 valence electrons. The Morgan fingerprint density at radius 3 is 2.03 bits per heavy atom. The van der Waals surface area contributed by atoms with Gasteiger partial charge in [0.25, 0.3) is 0 Å². The Labute approximate surface area is 193 Å². The summed E-state index contributed by atoms with van der Waals surface area (Å²) in [6.45, 7) is 1.49. The average molecular weight is 449 g/mol. The Morgan fingerprint density at radius 1 is 0.848 bits per heavy atom. The van der Waals surface area contributed by atoms with Crippen LogP contribution in [0.25, 0.3) is 11.3 Å². The van der Waals surface area contributed by atoms with E-state index in [1.165, 1.54) is 0 Å². The number of hydrogen-bond donors (Lipinski definition) is 1. The van der Waals surface area contributed by atoms with Crippen molar-refractivity contribution >= 4 is 17.4 Å². The number of nitrogens with zero attached hydrogens (tertiary/aromatic N) is 3. The number of carbonyl (C=O) groups is 1. The highest BCUT2D eigenvalue weighted by molar-refractivity contribution is 5.93. The van der Waals surface area contributed by atoms with Gasteiger partial charge in [0, 0.05) is 48.5 Å². The van der Waals surface area contributed by atoms with Crippen LogP contribution >= 0.6 is 0 Å². The van der Waals surface area contributed by atoms with Gasteiger partial charge in [0.2, 0.25) is 5.91 Å². The maximum absolute atomic E-state index is 12.8. The molecule has 1 aliphatic heterocycles. The molecule has 33 heavy (non-hydrogen) atoms. The van der Waals surface area contributed by atoms with E-state index in [0.29, 0.717) is 17.2 Å². The smallest absolute Gasteiger partial charge is 0.227 e. The Morgan fingerprint density at radius 2 is 1.48 bits per heavy atom. The van der Waals surface area contributed by atoms with Crippen LogP contribution in [0, 0.1) is 5.92 Å². The molecule has 8 nitrogen and oxygen atoms in total. The quantitative estimate of drug-likeness (QED) is 0.584. The van der Waals surface area contributed by atoms with Gasteiger partial charge < -0.3 is 24.4 Å². The van der Waals surface area contributed by atoms with Crippen molar-refractivity contribution < 1.29 is 19.0 Å². The molecule has 0 saturated carbocycles. The van der Waals surface area contributed by atoms with Gasteiger partial charge in [-0.2, -0.15) is 0 Å². The minimum Gasteiger partial charge on any atom is -0.497 e. The monoisotopic (exact) mass is 448 g/mol. The van der Waals surface area contributed by atoms with Crippen LogP contribution in [0.15, 0.2) is 54.6 Å². The van der Waals surface area contributed by atoms with Crippen LogP contribution in [0.1, 0.15) is 12.8 Å². The predicted octanol–water partition coefficient (Wildman–Crippen LogP) is 4.02. The lowest BCUT2D eigenvalue weighted by Crippen LogP contribution is -2.38. The molecule has 2 heterocycles. The van der Waals surface area contributed by atoms with E-state index in [0.717, 1.165) is 48.8 Å². The Bertz CT molecular complexity index is 1060. The van der Waals surface area contributed by atoms with Crippen molar-refractivity contribution in [1.29, 1.82) is 0 Å². The van der Waals surface area contributed by atoms with E-state index >= 15 is 0 Å². The van der Waals surface area contributed by atoms with Crippen LogP contribution in [0.3, 0.4) is 0 Å². The van der Waals surface area contributed by atoms with Crippen LogP contribution < -0.4 is 24.4 Å². The molecule has 4 rings (SSSR count). The summed E-state index contributed by atoms with van der Waals surface area (Å²) in [5.41, 5.74) is 2.46. The SMILES string of the molecule is COc1ccc(-c2ccc(N3CCC(C(=O)Nc4cc(OC)cc(OC)c4)CC3)nn2)cc1. The van der Waals surface area contributed by atoms with Crippen LogP contribution in [-0.2, 0) is 4.79 Å². The Hall–Kier alpha value is -3.81. The molecule has 1 aromatic heterocycles. The van der Waals surface area contributed by atoms with Crippen molar-refractivity contribution in [2.24, 2.45) is 5.92 Å². The second-order valence-electron chi connectivity index (χ2n) is 7.86. The van der Waals surface area contributed by atoms with E-state index in [2.05, 4.69) is 20.4 Å². The van der Waals surface area contributed by atoms with Crippen LogP contribution in [0.2, 0.25) is 0 Å². The molecule has 0 spiro atoms. The number of piperidine rings is 1. The Kier molecular flexibility index (Phi) is 6.92. The molecule has 0 unspecified atom stereocenters. The minimum absolute atomic E-state index is 0.00546. The summed E-state index contributed by atoms with van der Waals surface area (Å²) in [6, 6.07) is 17.0. The number of ether oxygens (including phenoxy) is 3. The first kappa shape index (κ1) is 22.4. The van der Waals surface area contributed by atoms with Crippen molar-refractivity contribution in [3.63, 3.8) is 0 Å². The van der Waals surface area contributed by atoms with Crippen molar-refractivity contribution in [2.75, 3.05) is 44.6 Å². The van der Waals surface area contributed by atoms with Crippen molar-refractivity contribution in [1.82, 2.24) is 10.2 Å².